The number of thiazole rings is 1. The highest BCUT2D eigenvalue weighted by molar-refractivity contribution is 7.18. The first-order valence-electron chi connectivity index (χ1n) is 7.58. The summed E-state index contributed by atoms with van der Waals surface area (Å²) < 4.78 is 0. The Bertz CT molecular complexity index is 441. The smallest absolute Gasteiger partial charge is 0.265 e. The lowest BCUT2D eigenvalue weighted by Crippen LogP contribution is -2.34. The Kier molecular flexibility index (Phi) is 7.45. The van der Waals surface area contributed by atoms with Crippen molar-refractivity contribution in [3.05, 3.63) is 4.88 Å². The monoisotopic (exact) mass is 313 g/mol. The Morgan fingerprint density at radius 1 is 1.19 bits per heavy atom. The number of hydrogen-bond acceptors (Lipinski definition) is 6. The van der Waals surface area contributed by atoms with E-state index in [1.54, 1.807) is 0 Å². The molecule has 1 aromatic rings. The molecular weight excluding hydrogens is 286 g/mol. The summed E-state index contributed by atoms with van der Waals surface area (Å²) in [5, 5.41) is 3.73. The second-order valence-corrected chi connectivity index (χ2v) is 5.64. The molecular formula is C14H27N5OS. The van der Waals surface area contributed by atoms with E-state index >= 15 is 0 Å². The lowest BCUT2D eigenvalue weighted by Gasteiger charge is -2.17. The number of carbonyl (C=O) groups excluding carboxylic acids is 1. The zero-order valence-corrected chi connectivity index (χ0v) is 14.3. The number of rotatable bonds is 9. The molecule has 0 aliphatic carbocycles. The van der Waals surface area contributed by atoms with Crippen molar-refractivity contribution in [2.24, 2.45) is 0 Å². The molecule has 0 saturated heterocycles. The van der Waals surface area contributed by atoms with E-state index in [1.165, 1.54) is 11.3 Å². The minimum atomic E-state index is -0.129. The van der Waals surface area contributed by atoms with E-state index in [4.69, 9.17) is 5.73 Å². The Balaban J connectivity index is 2.62. The van der Waals surface area contributed by atoms with Crippen LogP contribution in [0.5, 0.6) is 0 Å². The van der Waals surface area contributed by atoms with Gasteiger partial charge in [0, 0.05) is 26.2 Å². The molecule has 1 heterocycles. The second-order valence-electron chi connectivity index (χ2n) is 4.67. The van der Waals surface area contributed by atoms with Gasteiger partial charge in [0.2, 0.25) is 0 Å². The number of aromatic nitrogens is 1. The fourth-order valence-electron chi connectivity index (χ4n) is 2.06. The molecule has 120 valence electrons. The molecule has 1 amide bonds. The van der Waals surface area contributed by atoms with Gasteiger partial charge in [0.05, 0.1) is 0 Å². The van der Waals surface area contributed by atoms with E-state index in [0.717, 1.165) is 37.9 Å². The van der Waals surface area contributed by atoms with Crippen molar-refractivity contribution in [1.29, 1.82) is 0 Å². The van der Waals surface area contributed by atoms with Crippen LogP contribution in [0.25, 0.3) is 0 Å². The largest absolute Gasteiger partial charge is 0.382 e. The summed E-state index contributed by atoms with van der Waals surface area (Å²) in [6, 6.07) is 0. The average Bonchev–Trinajstić information content (AvgIpc) is 2.86. The molecule has 0 radical (unpaired) electrons. The van der Waals surface area contributed by atoms with Gasteiger partial charge in [0.1, 0.15) is 10.7 Å². The Morgan fingerprint density at radius 2 is 1.81 bits per heavy atom. The fourth-order valence-corrected chi connectivity index (χ4v) is 3.09. The first kappa shape index (κ1) is 17.7. The highest BCUT2D eigenvalue weighted by atomic mass is 32.1. The van der Waals surface area contributed by atoms with Crippen LogP contribution in [0.4, 0.5) is 10.9 Å². The van der Waals surface area contributed by atoms with Gasteiger partial charge in [-0.1, -0.05) is 25.2 Å². The molecule has 1 rings (SSSR count). The number of carbonyl (C=O) groups is 1. The summed E-state index contributed by atoms with van der Waals surface area (Å²) in [7, 11) is 0. The highest BCUT2D eigenvalue weighted by Crippen LogP contribution is 2.27. The molecule has 0 saturated carbocycles. The zero-order valence-electron chi connectivity index (χ0n) is 13.5. The van der Waals surface area contributed by atoms with Crippen LogP contribution in [0.3, 0.4) is 0 Å². The maximum atomic E-state index is 12.2. The Hall–Kier alpha value is -1.34. The summed E-state index contributed by atoms with van der Waals surface area (Å²) in [6.07, 6.45) is 0. The molecule has 0 aliphatic heterocycles. The molecule has 0 aromatic carbocycles. The van der Waals surface area contributed by atoms with Crippen molar-refractivity contribution >= 4 is 28.2 Å². The molecule has 0 atom stereocenters. The first-order valence-corrected chi connectivity index (χ1v) is 8.40. The van der Waals surface area contributed by atoms with E-state index in [-0.39, 0.29) is 5.91 Å². The van der Waals surface area contributed by atoms with Gasteiger partial charge in [0.15, 0.2) is 5.13 Å². The van der Waals surface area contributed by atoms with Crippen LogP contribution in [0.1, 0.15) is 37.4 Å². The third kappa shape index (κ3) is 4.86. The molecule has 0 unspecified atom stereocenters. The third-order valence-electron chi connectivity index (χ3n) is 3.49. The standard InChI is InChI=1S/C14H27N5OS/c1-5-18(6-2)10-9-16-13(20)11-12(15)17-14(21-11)19(7-3)8-4/h5-10,15H2,1-4H3,(H,16,20). The summed E-state index contributed by atoms with van der Waals surface area (Å²) in [6.45, 7) is 13.5. The van der Waals surface area contributed by atoms with Gasteiger partial charge in [-0.05, 0) is 26.9 Å². The Morgan fingerprint density at radius 3 is 2.33 bits per heavy atom. The van der Waals surface area contributed by atoms with E-state index < -0.39 is 0 Å². The summed E-state index contributed by atoms with van der Waals surface area (Å²) in [4.78, 5) is 21.3. The van der Waals surface area contributed by atoms with Gasteiger partial charge in [0.25, 0.3) is 5.91 Å². The topological polar surface area (TPSA) is 74.5 Å². The van der Waals surface area contributed by atoms with Crippen LogP contribution < -0.4 is 16.0 Å². The number of nitrogens with one attached hydrogen (secondary N) is 1. The Labute approximate surface area is 131 Å². The van der Waals surface area contributed by atoms with Gasteiger partial charge in [-0.3, -0.25) is 4.79 Å². The molecule has 3 N–H and O–H groups in total. The number of nitrogens with two attached hydrogens (primary N) is 1. The van der Waals surface area contributed by atoms with Crippen LogP contribution in [-0.4, -0.2) is 55.1 Å². The van der Waals surface area contributed by atoms with Gasteiger partial charge in [-0.15, -0.1) is 0 Å². The number of likely N-dealkylation sites (N-methyl/N-ethyl adjacent to an activating group) is 1. The van der Waals surface area contributed by atoms with Crippen LogP contribution in [0, 0.1) is 0 Å². The number of nitrogen functional groups attached to an aromatic ring is 1. The minimum absolute atomic E-state index is 0.129. The number of nitrogens with zero attached hydrogens (tertiary/aromatic N) is 3. The minimum Gasteiger partial charge on any atom is -0.382 e. The SMILES string of the molecule is CCN(CC)CCNC(=O)c1sc(N(CC)CC)nc1N. The zero-order chi connectivity index (χ0) is 15.8. The summed E-state index contributed by atoms with van der Waals surface area (Å²) in [5.74, 6) is 0.192. The lowest BCUT2D eigenvalue weighted by molar-refractivity contribution is 0.0953. The van der Waals surface area contributed by atoms with Crippen molar-refractivity contribution in [1.82, 2.24) is 15.2 Å². The van der Waals surface area contributed by atoms with E-state index in [0.29, 0.717) is 17.2 Å². The third-order valence-corrected chi connectivity index (χ3v) is 4.62. The average molecular weight is 313 g/mol. The number of hydrogen-bond donors (Lipinski definition) is 2. The van der Waals surface area contributed by atoms with Crippen LogP contribution >= 0.6 is 11.3 Å². The van der Waals surface area contributed by atoms with E-state index in [2.05, 4.69) is 47.8 Å². The predicted octanol–water partition coefficient (Wildman–Crippen LogP) is 1.64. The van der Waals surface area contributed by atoms with Gasteiger partial charge < -0.3 is 20.9 Å². The molecule has 0 fully saturated rings. The molecule has 0 spiro atoms. The summed E-state index contributed by atoms with van der Waals surface area (Å²) in [5.41, 5.74) is 5.87. The maximum Gasteiger partial charge on any atom is 0.265 e. The van der Waals surface area contributed by atoms with Crippen molar-refractivity contribution in [3.8, 4) is 0 Å². The quantitative estimate of drug-likeness (QED) is 0.725. The highest BCUT2D eigenvalue weighted by Gasteiger charge is 2.18. The second kappa shape index (κ2) is 8.84. The normalized spacial score (nSPS) is 10.9. The van der Waals surface area contributed by atoms with Gasteiger partial charge in [-0.2, -0.15) is 0 Å². The summed E-state index contributed by atoms with van der Waals surface area (Å²) >= 11 is 1.36. The van der Waals surface area contributed by atoms with Crippen molar-refractivity contribution in [2.45, 2.75) is 27.7 Å². The van der Waals surface area contributed by atoms with Crippen LogP contribution in [0.15, 0.2) is 0 Å². The van der Waals surface area contributed by atoms with Gasteiger partial charge >= 0.3 is 0 Å². The first-order chi connectivity index (χ1) is 10.1. The maximum absolute atomic E-state index is 12.2. The van der Waals surface area contributed by atoms with Crippen molar-refractivity contribution in [2.75, 3.05) is 49.9 Å². The molecule has 21 heavy (non-hydrogen) atoms. The van der Waals surface area contributed by atoms with E-state index in [1.807, 2.05) is 0 Å². The van der Waals surface area contributed by atoms with Gasteiger partial charge in [-0.25, -0.2) is 4.98 Å². The molecule has 0 bridgehead atoms. The number of anilines is 2. The number of amides is 1. The van der Waals surface area contributed by atoms with E-state index in [9.17, 15) is 4.79 Å². The molecule has 6 nitrogen and oxygen atoms in total. The molecule has 0 aliphatic rings. The van der Waals surface area contributed by atoms with Crippen LogP contribution in [0.2, 0.25) is 0 Å². The molecule has 7 heteroatoms. The molecule has 1 aromatic heterocycles. The fraction of sp³-hybridized carbons (Fsp3) is 0.714. The van der Waals surface area contributed by atoms with Crippen molar-refractivity contribution < 1.29 is 4.79 Å². The predicted molar refractivity (Wildman–Crippen MR) is 90.2 cm³/mol. The van der Waals surface area contributed by atoms with Crippen LogP contribution in [-0.2, 0) is 0 Å². The van der Waals surface area contributed by atoms with Crippen molar-refractivity contribution in [3.63, 3.8) is 0 Å². The lowest BCUT2D eigenvalue weighted by atomic mass is 10.4.